The minimum atomic E-state index is 0.851. The van der Waals surface area contributed by atoms with Gasteiger partial charge in [0, 0.05) is 6.21 Å². The van der Waals surface area contributed by atoms with Crippen molar-refractivity contribution >= 4 is 33.5 Å². The van der Waals surface area contributed by atoms with Gasteiger partial charge in [-0.3, -0.25) is 9.98 Å². The number of hydrogen-bond acceptors (Lipinski definition) is 2. The first-order valence-corrected chi connectivity index (χ1v) is 19.6. The Morgan fingerprint density at radius 1 is 0.609 bits per heavy atom. The molecule has 3 rings (SSSR count). The molecule has 0 amide bonds. The monoisotopic (exact) mass is 686 g/mol. The number of rotatable bonds is 20. The molecule has 0 heterocycles. The summed E-state index contributed by atoms with van der Waals surface area (Å²) < 4.78 is 0. The van der Waals surface area contributed by atoms with Crippen LogP contribution in [0.2, 0.25) is 0 Å². The molecule has 3 aromatic carbocycles. The molecular weight excluding hydrogens is 627 g/mol. The number of aryl methyl sites for hydroxylation is 3. The Kier molecular flexibility index (Phi) is 20.9. The molecule has 0 radical (unpaired) electrons. The Morgan fingerprint density at radius 2 is 1.20 bits per heavy atom. The second-order valence-electron chi connectivity index (χ2n) is 12.4. The van der Waals surface area contributed by atoms with Crippen molar-refractivity contribution in [3.8, 4) is 11.1 Å². The van der Waals surface area contributed by atoms with E-state index in [9.17, 15) is 0 Å². The van der Waals surface area contributed by atoms with E-state index in [2.05, 4.69) is 121 Å². The second-order valence-corrected chi connectivity index (χ2v) is 12.4. The van der Waals surface area contributed by atoms with Crippen LogP contribution < -0.4 is 0 Å². The van der Waals surface area contributed by atoms with E-state index in [0.717, 1.165) is 49.2 Å². The van der Waals surface area contributed by atoms with Crippen LogP contribution in [0.15, 0.2) is 64.6 Å². The summed E-state index contributed by atoms with van der Waals surface area (Å²) in [6, 6.07) is 20.2. The van der Waals surface area contributed by atoms with Gasteiger partial charge in [0.2, 0.25) is 0 Å². The molecule has 0 atom stereocenters. The van der Waals surface area contributed by atoms with Crippen LogP contribution in [-0.4, -0.2) is 11.9 Å². The molecule has 256 valence electrons. The van der Waals surface area contributed by atoms with Gasteiger partial charge in [-0.1, -0.05) is 117 Å². The quantitative estimate of drug-likeness (QED) is 0.0642. The molecule has 0 N–H and O–H groups in total. The van der Waals surface area contributed by atoms with Crippen molar-refractivity contribution in [3.05, 3.63) is 82.4 Å². The third-order valence-electron chi connectivity index (χ3n) is 8.94. The summed E-state index contributed by atoms with van der Waals surface area (Å²) >= 11 is 3.03. The van der Waals surface area contributed by atoms with E-state index in [1.807, 2.05) is 6.21 Å². The van der Waals surface area contributed by atoms with Crippen LogP contribution in [0.3, 0.4) is 0 Å². The molecule has 0 aromatic heterocycles. The molecule has 0 bridgehead atoms. The number of benzene rings is 3. The molecule has 0 saturated heterocycles. The van der Waals surface area contributed by atoms with Gasteiger partial charge in [-0.2, -0.15) is 0 Å². The van der Waals surface area contributed by atoms with Crippen LogP contribution >= 0.6 is 10.2 Å². The number of nitrogens with zero attached hydrogens (tertiary/aromatic N) is 2. The average molecular weight is 688 g/mol. The molecule has 3 aromatic rings. The third kappa shape index (κ3) is 13.1. The summed E-state index contributed by atoms with van der Waals surface area (Å²) in [6.07, 6.45) is 21.4. The van der Waals surface area contributed by atoms with Crippen molar-refractivity contribution in [1.82, 2.24) is 0 Å². The van der Waals surface area contributed by atoms with Crippen molar-refractivity contribution in [1.29, 1.82) is 0 Å². The van der Waals surface area contributed by atoms with E-state index in [0.29, 0.717) is 0 Å². The van der Waals surface area contributed by atoms with E-state index in [1.165, 1.54) is 104 Å². The van der Waals surface area contributed by atoms with E-state index < -0.39 is 0 Å². The van der Waals surface area contributed by atoms with Gasteiger partial charge in [0.05, 0.1) is 17.1 Å². The Labute approximate surface area is 294 Å². The molecule has 0 spiro atoms. The fourth-order valence-corrected chi connectivity index (χ4v) is 6.34. The molecule has 0 aliphatic heterocycles. The normalized spacial score (nSPS) is 11.6. The van der Waals surface area contributed by atoms with Gasteiger partial charge in [0.25, 0.3) is 0 Å². The maximum absolute atomic E-state index is 5.19. The summed E-state index contributed by atoms with van der Waals surface area (Å²) in [5.41, 5.74) is 13.3. The summed E-state index contributed by atoms with van der Waals surface area (Å²) in [7, 11) is 4.33. The summed E-state index contributed by atoms with van der Waals surface area (Å²) in [4.78, 5) is 10.2. The van der Waals surface area contributed by atoms with Crippen LogP contribution in [0.5, 0.6) is 0 Å². The van der Waals surface area contributed by atoms with Gasteiger partial charge in [-0.25, -0.2) is 0 Å². The number of aliphatic imine (C=N–C) groups is 2. The van der Waals surface area contributed by atoms with Gasteiger partial charge in [0.15, 0.2) is 0 Å². The second kappa shape index (κ2) is 24.0. The average Bonchev–Trinajstić information content (AvgIpc) is 3.10. The van der Waals surface area contributed by atoms with Crippen LogP contribution in [0.1, 0.15) is 140 Å². The van der Waals surface area contributed by atoms with Crippen molar-refractivity contribution in [2.75, 3.05) is 0 Å². The van der Waals surface area contributed by atoms with Crippen molar-refractivity contribution in [2.45, 2.75) is 144 Å². The van der Waals surface area contributed by atoms with Gasteiger partial charge in [-0.05, 0) is 121 Å². The SMILES string of the molecule is CCCCCCCCc1c(CC)cc(N=CC(CC)=Nc2cc(CCCC)c(CC)c(-c3ccccc3)c2)cc1CCCC.[Cl][NiH]. The molecule has 2 nitrogen and oxygen atoms in total. The maximum atomic E-state index is 5.19. The van der Waals surface area contributed by atoms with Crippen molar-refractivity contribution in [3.63, 3.8) is 0 Å². The summed E-state index contributed by atoms with van der Waals surface area (Å²) in [5.74, 6) is 0. The third-order valence-corrected chi connectivity index (χ3v) is 8.94. The molecule has 0 aliphatic rings. The molecule has 0 unspecified atom stereocenters. The van der Waals surface area contributed by atoms with E-state index in [-0.39, 0.29) is 0 Å². The van der Waals surface area contributed by atoms with E-state index >= 15 is 0 Å². The standard InChI is InChI=1S/C42H60N2.ClH.Ni.H/c1-7-13-16-17-18-22-27-41-33(10-4)28-38(29-36(41)24-15-9-3)43-32-37(11-5)44-39-30-35(23-14-8-2)40(12-6)42(31-39)34-25-20-19-21-26-34;;;/h19-21,25-26,28-32H,7-18,22-24,27H2,1-6H3;1H;;/q;;+1;/p-1. The van der Waals surface area contributed by atoms with Crippen molar-refractivity contribution < 1.29 is 14.6 Å². The van der Waals surface area contributed by atoms with Gasteiger partial charge in [0.1, 0.15) is 0 Å². The minimum absolute atomic E-state index is 0.851. The Bertz CT molecular complexity index is 1330. The number of hydrogen-bond donors (Lipinski definition) is 0. The molecular formula is C42H61ClN2Ni. The first kappa shape index (κ1) is 40.0. The number of halogens is 1. The summed E-state index contributed by atoms with van der Waals surface area (Å²) in [5, 5.41) is 0. The summed E-state index contributed by atoms with van der Waals surface area (Å²) in [6.45, 7) is 13.6. The molecule has 0 fully saturated rings. The zero-order valence-corrected chi connectivity index (χ0v) is 31.5. The Balaban J connectivity index is 0.00000361. The first-order chi connectivity index (χ1) is 22.6. The van der Waals surface area contributed by atoms with Crippen molar-refractivity contribution in [2.24, 2.45) is 9.98 Å². The fraction of sp³-hybridized carbons (Fsp3) is 0.524. The van der Waals surface area contributed by atoms with E-state index in [1.54, 1.807) is 5.56 Å². The van der Waals surface area contributed by atoms with Gasteiger partial charge < -0.3 is 0 Å². The van der Waals surface area contributed by atoms with Crippen LogP contribution in [0.4, 0.5) is 11.4 Å². The topological polar surface area (TPSA) is 24.7 Å². The molecule has 0 aliphatic carbocycles. The predicted molar refractivity (Wildman–Crippen MR) is 204 cm³/mol. The van der Waals surface area contributed by atoms with Gasteiger partial charge in [-0.15, -0.1) is 0 Å². The Hall–Kier alpha value is -2.22. The number of unbranched alkanes of at least 4 members (excludes halogenated alkanes) is 7. The zero-order valence-electron chi connectivity index (χ0n) is 29.7. The van der Waals surface area contributed by atoms with Crippen LogP contribution in [0, 0.1) is 0 Å². The first-order valence-electron chi connectivity index (χ1n) is 18.2. The predicted octanol–water partition coefficient (Wildman–Crippen LogP) is 13.4. The molecule has 0 saturated carbocycles. The Morgan fingerprint density at radius 3 is 1.80 bits per heavy atom. The molecule has 4 heteroatoms. The van der Waals surface area contributed by atoms with Crippen LogP contribution in [-0.2, 0) is 46.7 Å². The fourth-order valence-electron chi connectivity index (χ4n) is 6.34. The van der Waals surface area contributed by atoms with Crippen LogP contribution in [0.25, 0.3) is 11.1 Å². The van der Waals surface area contributed by atoms with E-state index in [4.69, 9.17) is 9.98 Å². The molecule has 46 heavy (non-hydrogen) atoms. The van der Waals surface area contributed by atoms with Gasteiger partial charge >= 0.3 is 24.8 Å². The zero-order chi connectivity index (χ0) is 33.6.